The molecule has 2 saturated heterocycles. The summed E-state index contributed by atoms with van der Waals surface area (Å²) in [6.45, 7) is 1.06. The number of sulfonamides is 1. The Balaban J connectivity index is 1.49. The summed E-state index contributed by atoms with van der Waals surface area (Å²) in [4.78, 5) is 4.46. The van der Waals surface area contributed by atoms with Gasteiger partial charge in [0.25, 0.3) is 0 Å². The maximum Gasteiger partial charge on any atom is 0.245 e. The first-order valence-corrected chi connectivity index (χ1v) is 10.6. The SMILES string of the molecule is CO[C@H]1C[C@H](c2nc(C3CC3)no2)N(S(=O)(=O)CC[C@H]2CCCO2)C1. The van der Waals surface area contributed by atoms with Crippen LogP contribution in [0.4, 0.5) is 0 Å². The molecule has 0 amide bonds. The van der Waals surface area contributed by atoms with Gasteiger partial charge in [-0.25, -0.2) is 8.42 Å². The summed E-state index contributed by atoms with van der Waals surface area (Å²) in [6, 6.07) is -0.431. The van der Waals surface area contributed by atoms with Crippen molar-refractivity contribution in [3.63, 3.8) is 0 Å². The second-order valence-corrected chi connectivity index (χ2v) is 9.22. The van der Waals surface area contributed by atoms with Crippen molar-refractivity contribution in [3.05, 3.63) is 11.7 Å². The van der Waals surface area contributed by atoms with Gasteiger partial charge in [0.1, 0.15) is 6.04 Å². The van der Waals surface area contributed by atoms with Gasteiger partial charge in [-0.05, 0) is 32.1 Å². The highest BCUT2D eigenvalue weighted by Crippen LogP contribution is 2.40. The molecule has 1 saturated carbocycles. The number of rotatable bonds is 7. The number of hydrogen-bond acceptors (Lipinski definition) is 7. The lowest BCUT2D eigenvalue weighted by Gasteiger charge is -2.22. The maximum absolute atomic E-state index is 12.9. The number of ether oxygens (including phenoxy) is 2. The van der Waals surface area contributed by atoms with Gasteiger partial charge in [-0.2, -0.15) is 9.29 Å². The zero-order valence-corrected chi connectivity index (χ0v) is 15.3. The molecule has 0 N–H and O–H groups in total. The second-order valence-electron chi connectivity index (χ2n) is 7.18. The lowest BCUT2D eigenvalue weighted by Crippen LogP contribution is -2.35. The minimum absolute atomic E-state index is 0.0546. The van der Waals surface area contributed by atoms with E-state index in [9.17, 15) is 8.42 Å². The molecule has 0 aromatic carbocycles. The normalized spacial score (nSPS) is 31.0. The van der Waals surface area contributed by atoms with E-state index in [4.69, 9.17) is 14.0 Å². The Bertz CT molecular complexity index is 696. The standard InChI is InChI=1S/C16H25N3O5S/c1-22-13-9-14(16-17-15(18-24-16)11-4-5-11)19(10-13)25(20,21)8-6-12-3-2-7-23-12/h11-14H,2-10H2,1H3/t12-,13+,14-/m1/s1. The summed E-state index contributed by atoms with van der Waals surface area (Å²) in [5.74, 6) is 1.55. The molecule has 9 heteroatoms. The summed E-state index contributed by atoms with van der Waals surface area (Å²) in [5, 5.41) is 4.03. The summed E-state index contributed by atoms with van der Waals surface area (Å²) in [6.07, 6.45) is 5.07. The van der Waals surface area contributed by atoms with Gasteiger partial charge >= 0.3 is 0 Å². The number of nitrogens with zero attached hydrogens (tertiary/aromatic N) is 3. The van der Waals surface area contributed by atoms with Gasteiger partial charge < -0.3 is 14.0 Å². The Labute approximate surface area is 147 Å². The van der Waals surface area contributed by atoms with Gasteiger partial charge in [0, 0.05) is 32.6 Å². The first kappa shape index (κ1) is 17.4. The van der Waals surface area contributed by atoms with Gasteiger partial charge in [-0.15, -0.1) is 0 Å². The Morgan fingerprint density at radius 1 is 1.32 bits per heavy atom. The van der Waals surface area contributed by atoms with Crippen LogP contribution in [0, 0.1) is 0 Å². The molecule has 1 aliphatic carbocycles. The van der Waals surface area contributed by atoms with Crippen LogP contribution in [0.3, 0.4) is 0 Å². The molecule has 2 aliphatic heterocycles. The third kappa shape index (κ3) is 3.74. The molecule has 0 unspecified atom stereocenters. The van der Waals surface area contributed by atoms with Crippen molar-refractivity contribution in [2.24, 2.45) is 0 Å². The highest BCUT2D eigenvalue weighted by Gasteiger charge is 2.44. The van der Waals surface area contributed by atoms with Crippen LogP contribution < -0.4 is 0 Å². The van der Waals surface area contributed by atoms with Crippen molar-refractivity contribution in [1.82, 2.24) is 14.4 Å². The van der Waals surface area contributed by atoms with Crippen LogP contribution in [0.25, 0.3) is 0 Å². The molecule has 1 aromatic heterocycles. The summed E-state index contributed by atoms with van der Waals surface area (Å²) < 4.78 is 43.7. The molecule has 0 spiro atoms. The van der Waals surface area contributed by atoms with Crippen LogP contribution in [-0.2, 0) is 19.5 Å². The van der Waals surface area contributed by atoms with E-state index < -0.39 is 16.1 Å². The van der Waals surface area contributed by atoms with E-state index in [0.717, 1.165) is 32.3 Å². The Hall–Kier alpha value is -1.03. The molecule has 25 heavy (non-hydrogen) atoms. The predicted octanol–water partition coefficient (Wildman–Crippen LogP) is 1.61. The highest BCUT2D eigenvalue weighted by atomic mass is 32.2. The fourth-order valence-electron chi connectivity index (χ4n) is 3.63. The van der Waals surface area contributed by atoms with Crippen LogP contribution in [0.1, 0.15) is 62.2 Å². The minimum atomic E-state index is -3.44. The van der Waals surface area contributed by atoms with Crippen molar-refractivity contribution in [3.8, 4) is 0 Å². The van der Waals surface area contributed by atoms with Gasteiger partial charge in [0.15, 0.2) is 5.82 Å². The van der Waals surface area contributed by atoms with Gasteiger partial charge in [-0.3, -0.25) is 0 Å². The van der Waals surface area contributed by atoms with Crippen molar-refractivity contribution in [2.45, 2.75) is 62.7 Å². The molecule has 3 fully saturated rings. The van der Waals surface area contributed by atoms with E-state index >= 15 is 0 Å². The van der Waals surface area contributed by atoms with Crippen molar-refractivity contribution >= 4 is 10.0 Å². The average Bonchev–Trinajstić information content (AvgIpc) is 3.06. The Morgan fingerprint density at radius 2 is 2.16 bits per heavy atom. The second kappa shape index (κ2) is 6.94. The fraction of sp³-hybridized carbons (Fsp3) is 0.875. The maximum atomic E-state index is 12.9. The van der Waals surface area contributed by atoms with E-state index in [-0.39, 0.29) is 18.0 Å². The van der Waals surface area contributed by atoms with E-state index in [2.05, 4.69) is 10.1 Å². The molecule has 3 atom stereocenters. The molecule has 1 aromatic rings. The van der Waals surface area contributed by atoms with Crippen molar-refractivity contribution in [1.29, 1.82) is 0 Å². The first-order valence-electron chi connectivity index (χ1n) is 9.04. The molecule has 4 rings (SSSR count). The molecular weight excluding hydrogens is 346 g/mol. The van der Waals surface area contributed by atoms with E-state index in [1.807, 2.05) is 0 Å². The lowest BCUT2D eigenvalue weighted by molar-refractivity contribution is 0.108. The quantitative estimate of drug-likeness (QED) is 0.718. The lowest BCUT2D eigenvalue weighted by atomic mass is 10.2. The number of methoxy groups -OCH3 is 1. The first-order chi connectivity index (χ1) is 12.1. The summed E-state index contributed by atoms with van der Waals surface area (Å²) in [5.41, 5.74) is 0. The molecule has 3 heterocycles. The van der Waals surface area contributed by atoms with Crippen LogP contribution >= 0.6 is 0 Å². The third-order valence-electron chi connectivity index (χ3n) is 5.31. The van der Waals surface area contributed by atoms with E-state index in [0.29, 0.717) is 37.0 Å². The topological polar surface area (TPSA) is 94.8 Å². The van der Waals surface area contributed by atoms with Crippen LogP contribution in [0.2, 0.25) is 0 Å². The number of hydrogen-bond donors (Lipinski definition) is 0. The van der Waals surface area contributed by atoms with Gasteiger partial charge in [-0.1, -0.05) is 5.16 Å². The fourth-order valence-corrected chi connectivity index (χ4v) is 5.38. The van der Waals surface area contributed by atoms with E-state index in [1.165, 1.54) is 4.31 Å². The van der Waals surface area contributed by atoms with Gasteiger partial charge in [0.05, 0.1) is 18.0 Å². The van der Waals surface area contributed by atoms with Crippen LogP contribution in [-0.4, -0.2) is 61.1 Å². The Morgan fingerprint density at radius 3 is 2.84 bits per heavy atom. The molecule has 8 nitrogen and oxygen atoms in total. The Kier molecular flexibility index (Phi) is 4.83. The van der Waals surface area contributed by atoms with E-state index in [1.54, 1.807) is 7.11 Å². The largest absolute Gasteiger partial charge is 0.380 e. The zero-order chi connectivity index (χ0) is 17.4. The van der Waals surface area contributed by atoms with Gasteiger partial charge in [0.2, 0.25) is 15.9 Å². The third-order valence-corrected chi connectivity index (χ3v) is 7.18. The molecule has 0 bridgehead atoms. The average molecular weight is 371 g/mol. The smallest absolute Gasteiger partial charge is 0.245 e. The molecule has 3 aliphatic rings. The zero-order valence-electron chi connectivity index (χ0n) is 14.5. The monoisotopic (exact) mass is 371 g/mol. The van der Waals surface area contributed by atoms with Crippen molar-refractivity contribution < 1.29 is 22.4 Å². The van der Waals surface area contributed by atoms with Crippen molar-refractivity contribution in [2.75, 3.05) is 26.0 Å². The molecule has 0 radical (unpaired) electrons. The summed E-state index contributed by atoms with van der Waals surface area (Å²) in [7, 11) is -1.83. The van der Waals surface area contributed by atoms with Crippen LogP contribution in [0.5, 0.6) is 0 Å². The predicted molar refractivity (Wildman–Crippen MR) is 88.5 cm³/mol. The van der Waals surface area contributed by atoms with Crippen LogP contribution in [0.15, 0.2) is 4.52 Å². The number of aromatic nitrogens is 2. The summed E-state index contributed by atoms with van der Waals surface area (Å²) >= 11 is 0. The minimum Gasteiger partial charge on any atom is -0.380 e. The molecular formula is C16H25N3O5S. The molecule has 140 valence electrons. The highest BCUT2D eigenvalue weighted by molar-refractivity contribution is 7.89.